The first-order valence-electron chi connectivity index (χ1n) is 4.77. The summed E-state index contributed by atoms with van der Waals surface area (Å²) < 4.78 is 0. The molecule has 2 rings (SSSR count). The van der Waals surface area contributed by atoms with E-state index in [4.69, 9.17) is 5.73 Å². The van der Waals surface area contributed by atoms with Crippen LogP contribution in [0.1, 0.15) is 17.0 Å². The van der Waals surface area contributed by atoms with E-state index in [-0.39, 0.29) is 0 Å². The fourth-order valence-corrected chi connectivity index (χ4v) is 1.28. The molecule has 2 aromatic rings. The van der Waals surface area contributed by atoms with Crippen LogP contribution in [0.15, 0.2) is 18.2 Å². The highest BCUT2D eigenvalue weighted by Crippen LogP contribution is 2.11. The van der Waals surface area contributed by atoms with Crippen LogP contribution in [0.4, 0.5) is 0 Å². The number of hydrogen-bond acceptors (Lipinski definition) is 4. The Bertz CT molecular complexity index is 474. The van der Waals surface area contributed by atoms with Gasteiger partial charge in [0.15, 0.2) is 5.82 Å². The third-order valence-electron chi connectivity index (χ3n) is 2.36. The van der Waals surface area contributed by atoms with E-state index in [1.807, 2.05) is 18.2 Å². The summed E-state index contributed by atoms with van der Waals surface area (Å²) in [6, 6.07) is 6.03. The third kappa shape index (κ3) is 1.87. The Balaban J connectivity index is 2.40. The number of nitrogens with two attached hydrogens (primary N) is 1. The van der Waals surface area contributed by atoms with Gasteiger partial charge in [-0.3, -0.25) is 0 Å². The van der Waals surface area contributed by atoms with Gasteiger partial charge in [-0.2, -0.15) is 0 Å². The highest BCUT2D eigenvalue weighted by atomic mass is 15.6. The molecule has 0 saturated carbocycles. The van der Waals surface area contributed by atoms with E-state index < -0.39 is 0 Å². The number of rotatable bonds is 2. The second-order valence-electron chi connectivity index (χ2n) is 3.47. The number of aromatic nitrogens is 4. The van der Waals surface area contributed by atoms with Gasteiger partial charge in [0.25, 0.3) is 0 Å². The van der Waals surface area contributed by atoms with E-state index in [0.29, 0.717) is 12.4 Å². The van der Waals surface area contributed by atoms with Gasteiger partial charge < -0.3 is 5.73 Å². The minimum Gasteiger partial charge on any atom is -0.324 e. The van der Waals surface area contributed by atoms with Crippen molar-refractivity contribution in [2.45, 2.75) is 20.4 Å². The summed E-state index contributed by atoms with van der Waals surface area (Å²) >= 11 is 0. The molecule has 1 heterocycles. The lowest BCUT2D eigenvalue weighted by Crippen LogP contribution is -2.02. The summed E-state index contributed by atoms with van der Waals surface area (Å²) in [5.41, 5.74) is 8.78. The molecule has 0 unspecified atom stereocenters. The summed E-state index contributed by atoms with van der Waals surface area (Å²) in [5, 5.41) is 11.9. The summed E-state index contributed by atoms with van der Waals surface area (Å²) in [6.07, 6.45) is 0. The highest BCUT2D eigenvalue weighted by molar-refractivity contribution is 5.37. The van der Waals surface area contributed by atoms with Gasteiger partial charge in [-0.15, -0.1) is 15.0 Å². The zero-order valence-electron chi connectivity index (χ0n) is 8.81. The lowest BCUT2D eigenvalue weighted by Gasteiger charge is -2.02. The van der Waals surface area contributed by atoms with E-state index >= 15 is 0 Å². The van der Waals surface area contributed by atoms with Crippen molar-refractivity contribution < 1.29 is 0 Å². The lowest BCUT2D eigenvalue weighted by molar-refractivity contribution is 0.716. The molecule has 0 fully saturated rings. The van der Waals surface area contributed by atoms with Crippen LogP contribution in [0.3, 0.4) is 0 Å². The molecular formula is C10H13N5. The molecule has 0 aliphatic carbocycles. The molecule has 15 heavy (non-hydrogen) atoms. The molecule has 0 bridgehead atoms. The first-order valence-corrected chi connectivity index (χ1v) is 4.77. The van der Waals surface area contributed by atoms with Gasteiger partial charge in [0.2, 0.25) is 0 Å². The van der Waals surface area contributed by atoms with E-state index in [0.717, 1.165) is 5.69 Å². The molecular weight excluding hydrogens is 190 g/mol. The summed E-state index contributed by atoms with van der Waals surface area (Å²) in [5.74, 6) is 0.549. The average molecular weight is 203 g/mol. The summed E-state index contributed by atoms with van der Waals surface area (Å²) in [6.45, 7) is 4.43. The topological polar surface area (TPSA) is 69.6 Å². The average Bonchev–Trinajstić information content (AvgIpc) is 2.70. The van der Waals surface area contributed by atoms with Crippen LogP contribution in [0.5, 0.6) is 0 Å². The van der Waals surface area contributed by atoms with E-state index in [1.54, 1.807) is 0 Å². The van der Waals surface area contributed by atoms with E-state index in [9.17, 15) is 0 Å². The van der Waals surface area contributed by atoms with Crippen molar-refractivity contribution in [1.29, 1.82) is 0 Å². The molecule has 0 aliphatic heterocycles. The smallest absolute Gasteiger partial charge is 0.188 e. The van der Waals surface area contributed by atoms with Crippen molar-refractivity contribution in [2.75, 3.05) is 0 Å². The minimum absolute atomic E-state index is 0.310. The second kappa shape index (κ2) is 3.78. The zero-order valence-corrected chi connectivity index (χ0v) is 8.81. The van der Waals surface area contributed by atoms with Gasteiger partial charge in [0, 0.05) is 0 Å². The van der Waals surface area contributed by atoms with E-state index in [1.165, 1.54) is 15.9 Å². The van der Waals surface area contributed by atoms with Gasteiger partial charge in [-0.05, 0) is 42.3 Å². The maximum absolute atomic E-state index is 5.42. The van der Waals surface area contributed by atoms with Gasteiger partial charge in [-0.25, -0.2) is 0 Å². The number of benzene rings is 1. The molecule has 0 saturated heterocycles. The van der Waals surface area contributed by atoms with Crippen molar-refractivity contribution in [2.24, 2.45) is 5.73 Å². The molecule has 0 aliphatic rings. The van der Waals surface area contributed by atoms with Crippen LogP contribution >= 0.6 is 0 Å². The maximum Gasteiger partial charge on any atom is 0.188 e. The van der Waals surface area contributed by atoms with Gasteiger partial charge in [0.1, 0.15) is 0 Å². The standard InChI is InChI=1S/C10H13N5/c1-7-3-4-9(5-8(7)2)15-13-10(6-11)12-14-15/h3-5H,6,11H2,1-2H3. The van der Waals surface area contributed by atoms with E-state index in [2.05, 4.69) is 29.3 Å². The van der Waals surface area contributed by atoms with Crippen molar-refractivity contribution in [3.8, 4) is 5.69 Å². The van der Waals surface area contributed by atoms with Crippen LogP contribution in [0.2, 0.25) is 0 Å². The van der Waals surface area contributed by atoms with Crippen molar-refractivity contribution in [3.63, 3.8) is 0 Å². The Morgan fingerprint density at radius 2 is 2.07 bits per heavy atom. The monoisotopic (exact) mass is 203 g/mol. The number of aryl methyl sites for hydroxylation is 2. The molecule has 5 heteroatoms. The number of nitrogens with zero attached hydrogens (tertiary/aromatic N) is 4. The van der Waals surface area contributed by atoms with Crippen LogP contribution in [-0.4, -0.2) is 20.2 Å². The van der Waals surface area contributed by atoms with Gasteiger partial charge in [-0.1, -0.05) is 6.07 Å². The lowest BCUT2D eigenvalue weighted by atomic mass is 10.1. The molecule has 0 spiro atoms. The second-order valence-corrected chi connectivity index (χ2v) is 3.47. The summed E-state index contributed by atoms with van der Waals surface area (Å²) in [7, 11) is 0. The summed E-state index contributed by atoms with van der Waals surface area (Å²) in [4.78, 5) is 1.49. The molecule has 0 amide bonds. The fourth-order valence-electron chi connectivity index (χ4n) is 1.28. The molecule has 78 valence electrons. The maximum atomic E-state index is 5.42. The van der Waals surface area contributed by atoms with Crippen LogP contribution in [-0.2, 0) is 6.54 Å². The van der Waals surface area contributed by atoms with Gasteiger partial charge >= 0.3 is 0 Å². The zero-order chi connectivity index (χ0) is 10.8. The largest absolute Gasteiger partial charge is 0.324 e. The predicted octanol–water partition coefficient (Wildman–Crippen LogP) is 0.738. The Hall–Kier alpha value is -1.75. The quantitative estimate of drug-likeness (QED) is 0.781. The predicted molar refractivity (Wildman–Crippen MR) is 56.5 cm³/mol. The third-order valence-corrected chi connectivity index (χ3v) is 2.36. The fraction of sp³-hybridized carbons (Fsp3) is 0.300. The molecule has 1 aromatic heterocycles. The molecule has 0 radical (unpaired) electrons. The number of hydrogen-bond donors (Lipinski definition) is 1. The molecule has 5 nitrogen and oxygen atoms in total. The first-order chi connectivity index (χ1) is 7.20. The van der Waals surface area contributed by atoms with Crippen molar-refractivity contribution >= 4 is 0 Å². The molecule has 1 aromatic carbocycles. The normalized spacial score (nSPS) is 10.6. The van der Waals surface area contributed by atoms with Gasteiger partial charge in [0.05, 0.1) is 12.2 Å². The van der Waals surface area contributed by atoms with Crippen LogP contribution in [0.25, 0.3) is 5.69 Å². The minimum atomic E-state index is 0.310. The van der Waals surface area contributed by atoms with Crippen LogP contribution < -0.4 is 5.73 Å². The Morgan fingerprint density at radius 3 is 2.67 bits per heavy atom. The number of tetrazole rings is 1. The Labute approximate surface area is 87.9 Å². The Kier molecular flexibility index (Phi) is 2.47. The molecule has 0 atom stereocenters. The molecule has 2 N–H and O–H groups in total. The van der Waals surface area contributed by atoms with Crippen molar-refractivity contribution in [1.82, 2.24) is 20.2 Å². The van der Waals surface area contributed by atoms with Crippen molar-refractivity contribution in [3.05, 3.63) is 35.2 Å². The highest BCUT2D eigenvalue weighted by Gasteiger charge is 2.03. The Morgan fingerprint density at radius 1 is 1.27 bits per heavy atom. The first kappa shape index (κ1) is 9.79. The SMILES string of the molecule is Cc1ccc(-n2nnc(CN)n2)cc1C. The van der Waals surface area contributed by atoms with Crippen LogP contribution in [0, 0.1) is 13.8 Å².